The van der Waals surface area contributed by atoms with Crippen LogP contribution in [0.4, 0.5) is 0 Å². The number of hydrogen-bond donors (Lipinski definition) is 2. The number of hydrogen-bond acceptors (Lipinski definition) is 2. The fourth-order valence-electron chi connectivity index (χ4n) is 1.59. The minimum atomic E-state index is 0. The van der Waals surface area contributed by atoms with E-state index in [-0.39, 0.29) is 23.7 Å². The summed E-state index contributed by atoms with van der Waals surface area (Å²) >= 11 is 0. The van der Waals surface area contributed by atoms with Gasteiger partial charge in [-0.25, -0.2) is 0 Å². The van der Waals surface area contributed by atoms with Gasteiger partial charge in [0.15, 0.2) is 0 Å². The molecule has 1 rings (SSSR count). The number of amides is 1. The lowest BCUT2D eigenvalue weighted by Crippen LogP contribution is -2.31. The van der Waals surface area contributed by atoms with Gasteiger partial charge in [0.25, 0.3) is 0 Å². The Bertz CT molecular complexity index is 256. The minimum absolute atomic E-state index is 0. The summed E-state index contributed by atoms with van der Waals surface area (Å²) in [7, 11) is 0. The molecule has 0 atom stereocenters. The van der Waals surface area contributed by atoms with Crippen LogP contribution in [0.5, 0.6) is 0 Å². The largest absolute Gasteiger partial charge is 0.352 e. The molecule has 0 aromatic rings. The van der Waals surface area contributed by atoms with E-state index in [2.05, 4.69) is 37.5 Å². The maximum Gasteiger partial charge on any atom is 0.220 e. The van der Waals surface area contributed by atoms with Crippen LogP contribution in [0, 0.1) is 5.41 Å². The van der Waals surface area contributed by atoms with Crippen LogP contribution in [0.1, 0.15) is 33.6 Å². The van der Waals surface area contributed by atoms with Gasteiger partial charge in [0.1, 0.15) is 0 Å². The van der Waals surface area contributed by atoms with Gasteiger partial charge in [-0.05, 0) is 18.4 Å². The van der Waals surface area contributed by atoms with Gasteiger partial charge in [0.05, 0.1) is 0 Å². The number of rotatable bonds is 3. The van der Waals surface area contributed by atoms with Gasteiger partial charge in [0, 0.05) is 19.5 Å². The quantitative estimate of drug-likeness (QED) is 0.747. The molecule has 0 saturated heterocycles. The van der Waals surface area contributed by atoms with Gasteiger partial charge >= 0.3 is 0 Å². The van der Waals surface area contributed by atoms with Gasteiger partial charge in [-0.15, -0.1) is 12.4 Å². The second-order valence-corrected chi connectivity index (χ2v) is 5.33. The summed E-state index contributed by atoms with van der Waals surface area (Å²) in [6.45, 7) is 8.92. The topological polar surface area (TPSA) is 41.1 Å². The molecule has 0 spiro atoms. The zero-order valence-electron chi connectivity index (χ0n) is 10.4. The lowest BCUT2D eigenvalue weighted by atomic mass is 9.92. The molecule has 1 aliphatic rings. The first-order valence-electron chi connectivity index (χ1n) is 5.63. The highest BCUT2D eigenvalue weighted by atomic mass is 35.5. The molecular formula is C12H23ClN2O. The first-order valence-corrected chi connectivity index (χ1v) is 5.63. The van der Waals surface area contributed by atoms with E-state index in [1.54, 1.807) is 0 Å². The van der Waals surface area contributed by atoms with Crippen molar-refractivity contribution in [3.8, 4) is 0 Å². The van der Waals surface area contributed by atoms with Gasteiger partial charge in [0.2, 0.25) is 5.91 Å². The van der Waals surface area contributed by atoms with Gasteiger partial charge in [-0.3, -0.25) is 4.79 Å². The van der Waals surface area contributed by atoms with Crippen LogP contribution in [-0.2, 0) is 4.79 Å². The van der Waals surface area contributed by atoms with Crippen LogP contribution < -0.4 is 10.6 Å². The molecule has 2 N–H and O–H groups in total. The molecule has 1 amide bonds. The molecule has 16 heavy (non-hydrogen) atoms. The molecule has 3 nitrogen and oxygen atoms in total. The third-order valence-corrected chi connectivity index (χ3v) is 2.36. The predicted molar refractivity (Wildman–Crippen MR) is 69.9 cm³/mol. The average Bonchev–Trinajstić information content (AvgIpc) is 2.14. The molecule has 0 radical (unpaired) electrons. The predicted octanol–water partition coefficient (Wildman–Crippen LogP) is 1.88. The molecule has 4 heteroatoms. The van der Waals surface area contributed by atoms with E-state index in [4.69, 9.17) is 0 Å². The Morgan fingerprint density at radius 3 is 2.69 bits per heavy atom. The monoisotopic (exact) mass is 246 g/mol. The summed E-state index contributed by atoms with van der Waals surface area (Å²) in [4.78, 5) is 11.5. The Kier molecular flexibility index (Phi) is 6.68. The van der Waals surface area contributed by atoms with Crippen LogP contribution in [0.25, 0.3) is 0 Å². The van der Waals surface area contributed by atoms with Crippen molar-refractivity contribution in [2.75, 3.05) is 19.6 Å². The van der Waals surface area contributed by atoms with Gasteiger partial charge in [-0.2, -0.15) is 0 Å². The highest BCUT2D eigenvalue weighted by Gasteiger charge is 2.15. The maximum atomic E-state index is 11.5. The molecule has 1 aliphatic heterocycles. The van der Waals surface area contributed by atoms with Crippen LogP contribution in [-0.4, -0.2) is 25.5 Å². The number of halogens is 1. The van der Waals surface area contributed by atoms with Gasteiger partial charge < -0.3 is 10.6 Å². The van der Waals surface area contributed by atoms with Gasteiger partial charge in [-0.1, -0.05) is 32.4 Å². The summed E-state index contributed by atoms with van der Waals surface area (Å²) in [5, 5.41) is 6.23. The van der Waals surface area contributed by atoms with E-state index < -0.39 is 0 Å². The van der Waals surface area contributed by atoms with Crippen molar-refractivity contribution in [2.45, 2.75) is 33.6 Å². The summed E-state index contributed by atoms with van der Waals surface area (Å²) in [5.74, 6) is 0.155. The zero-order valence-corrected chi connectivity index (χ0v) is 11.2. The second kappa shape index (κ2) is 6.92. The Balaban J connectivity index is 0.00000225. The first kappa shape index (κ1) is 15.5. The Hall–Kier alpha value is -0.540. The summed E-state index contributed by atoms with van der Waals surface area (Å²) < 4.78 is 0. The number of carbonyl (C=O) groups is 1. The molecule has 0 saturated carbocycles. The highest BCUT2D eigenvalue weighted by Crippen LogP contribution is 2.17. The maximum absolute atomic E-state index is 11.5. The Morgan fingerprint density at radius 2 is 2.19 bits per heavy atom. The minimum Gasteiger partial charge on any atom is -0.352 e. The Morgan fingerprint density at radius 1 is 1.50 bits per heavy atom. The lowest BCUT2D eigenvalue weighted by Gasteiger charge is -2.19. The lowest BCUT2D eigenvalue weighted by molar-refractivity contribution is -0.122. The normalized spacial score (nSPS) is 16.1. The molecule has 0 bridgehead atoms. The Labute approximate surface area is 104 Å². The van der Waals surface area contributed by atoms with E-state index in [0.717, 1.165) is 26.1 Å². The SMILES string of the molecule is CC(C)(C)CC(=O)NCC1=CCNCC1.Cl. The van der Waals surface area contributed by atoms with E-state index >= 15 is 0 Å². The smallest absolute Gasteiger partial charge is 0.220 e. The third-order valence-electron chi connectivity index (χ3n) is 2.36. The molecule has 0 fully saturated rings. The van der Waals surface area contributed by atoms with E-state index in [0.29, 0.717) is 6.42 Å². The van der Waals surface area contributed by atoms with E-state index in [9.17, 15) is 4.79 Å². The fraction of sp³-hybridized carbons (Fsp3) is 0.750. The summed E-state index contributed by atoms with van der Waals surface area (Å²) in [6.07, 6.45) is 3.81. The second-order valence-electron chi connectivity index (χ2n) is 5.33. The fourth-order valence-corrected chi connectivity index (χ4v) is 1.59. The van der Waals surface area contributed by atoms with Crippen molar-refractivity contribution in [2.24, 2.45) is 5.41 Å². The molecule has 0 aromatic heterocycles. The van der Waals surface area contributed by atoms with Crippen molar-refractivity contribution in [3.63, 3.8) is 0 Å². The van der Waals surface area contributed by atoms with Crippen LogP contribution in [0.15, 0.2) is 11.6 Å². The van der Waals surface area contributed by atoms with E-state index in [1.165, 1.54) is 5.57 Å². The molecule has 0 unspecified atom stereocenters. The zero-order chi connectivity index (χ0) is 11.3. The van der Waals surface area contributed by atoms with E-state index in [1.807, 2.05) is 0 Å². The third kappa shape index (κ3) is 6.85. The highest BCUT2D eigenvalue weighted by molar-refractivity contribution is 5.85. The summed E-state index contributed by atoms with van der Waals surface area (Å²) in [5.41, 5.74) is 1.42. The number of nitrogens with one attached hydrogen (secondary N) is 2. The molecule has 0 aliphatic carbocycles. The van der Waals surface area contributed by atoms with Crippen LogP contribution in [0.2, 0.25) is 0 Å². The molecular weight excluding hydrogens is 224 g/mol. The van der Waals surface area contributed by atoms with Crippen LogP contribution in [0.3, 0.4) is 0 Å². The average molecular weight is 247 g/mol. The van der Waals surface area contributed by atoms with Crippen molar-refractivity contribution in [1.29, 1.82) is 0 Å². The molecule has 94 valence electrons. The first-order chi connectivity index (χ1) is 6.97. The van der Waals surface area contributed by atoms with Crippen molar-refractivity contribution >= 4 is 18.3 Å². The van der Waals surface area contributed by atoms with Crippen molar-refractivity contribution in [1.82, 2.24) is 10.6 Å². The van der Waals surface area contributed by atoms with Crippen LogP contribution >= 0.6 is 12.4 Å². The summed E-state index contributed by atoms with van der Waals surface area (Å²) in [6, 6.07) is 0. The number of carbonyl (C=O) groups excluding carboxylic acids is 1. The van der Waals surface area contributed by atoms with Crippen molar-refractivity contribution in [3.05, 3.63) is 11.6 Å². The van der Waals surface area contributed by atoms with Crippen molar-refractivity contribution < 1.29 is 4.79 Å². The standard InChI is InChI=1S/C12H22N2O.ClH/c1-12(2,3)8-11(15)14-9-10-4-6-13-7-5-10;/h4,13H,5-9H2,1-3H3,(H,14,15);1H. The molecule has 0 aromatic carbocycles. The molecule has 1 heterocycles.